The Bertz CT molecular complexity index is 3680. The van der Waals surface area contributed by atoms with E-state index in [-0.39, 0.29) is 0 Å². The Morgan fingerprint density at radius 3 is 1.65 bits per heavy atom. The molecule has 2 aromatic heterocycles. The summed E-state index contributed by atoms with van der Waals surface area (Å²) < 4.78 is 2.36. The Balaban J connectivity index is 0.869. The fourth-order valence-electron chi connectivity index (χ4n) is 12.6. The van der Waals surface area contributed by atoms with Gasteiger partial charge in [-0.1, -0.05) is 127 Å². The Morgan fingerprint density at radius 1 is 0.464 bits per heavy atom. The molecule has 0 radical (unpaired) electrons. The molecule has 0 N–H and O–H groups in total. The van der Waals surface area contributed by atoms with Crippen LogP contribution in [-0.2, 0) is 5.41 Å². The first-order valence-electron chi connectivity index (χ1n) is 24.2. The molecule has 6 nitrogen and oxygen atoms in total. The molecule has 4 fully saturated rings. The van der Waals surface area contributed by atoms with Crippen molar-refractivity contribution in [1.29, 1.82) is 5.26 Å². The zero-order chi connectivity index (χ0) is 46.1. The van der Waals surface area contributed by atoms with Crippen molar-refractivity contribution in [3.05, 3.63) is 211 Å². The summed E-state index contributed by atoms with van der Waals surface area (Å²) in [4.78, 5) is 19.1. The average Bonchev–Trinajstić information content (AvgIpc) is 3.74. The second kappa shape index (κ2) is 16.4. The molecule has 328 valence electrons. The van der Waals surface area contributed by atoms with Crippen LogP contribution in [0.1, 0.15) is 49.7 Å². The smallest absolute Gasteiger partial charge is 0.187 e. The van der Waals surface area contributed by atoms with Crippen molar-refractivity contribution in [3.8, 4) is 79.3 Å². The van der Waals surface area contributed by atoms with Gasteiger partial charge in [0, 0.05) is 33.2 Å². The lowest BCUT2D eigenvalue weighted by atomic mass is 9.48. The number of hydrogen-bond donors (Lipinski definition) is 0. The van der Waals surface area contributed by atoms with E-state index < -0.39 is 0 Å². The van der Waals surface area contributed by atoms with Crippen LogP contribution in [0.15, 0.2) is 188 Å². The van der Waals surface area contributed by atoms with Crippen molar-refractivity contribution in [2.45, 2.75) is 43.9 Å². The molecule has 4 aliphatic rings. The second-order valence-corrected chi connectivity index (χ2v) is 19.7. The highest BCUT2D eigenvalue weighted by Gasteiger charge is 2.51. The van der Waals surface area contributed by atoms with Gasteiger partial charge < -0.3 is 4.57 Å². The molecule has 4 aliphatic carbocycles. The number of rotatable bonds is 8. The van der Waals surface area contributed by atoms with E-state index in [1.54, 1.807) is 5.56 Å². The van der Waals surface area contributed by atoms with E-state index in [0.717, 1.165) is 84.2 Å². The molecule has 6 heteroatoms. The topological polar surface area (TPSA) is 71.8 Å². The third kappa shape index (κ3) is 7.28. The summed E-state index contributed by atoms with van der Waals surface area (Å²) in [7, 11) is 0. The monoisotopic (exact) mass is 886 g/mol. The summed E-state index contributed by atoms with van der Waals surface area (Å²) in [5.41, 5.74) is 15.5. The number of nitrogens with zero attached hydrogens (tertiary/aromatic N) is 6. The first-order chi connectivity index (χ1) is 34.0. The van der Waals surface area contributed by atoms with E-state index in [0.29, 0.717) is 34.1 Å². The first kappa shape index (κ1) is 40.8. The molecule has 10 aromatic rings. The summed E-state index contributed by atoms with van der Waals surface area (Å²) in [5, 5.41) is 11.9. The maximum atomic E-state index is 9.63. The minimum absolute atomic E-state index is 0.405. The molecule has 8 aromatic carbocycles. The van der Waals surface area contributed by atoms with Crippen LogP contribution in [0.5, 0.6) is 0 Å². The van der Waals surface area contributed by atoms with Crippen molar-refractivity contribution >= 4 is 27.5 Å². The molecule has 0 amide bonds. The highest BCUT2D eigenvalue weighted by molar-refractivity contribution is 6.10. The highest BCUT2D eigenvalue weighted by Crippen LogP contribution is 2.60. The van der Waals surface area contributed by atoms with Crippen molar-refractivity contribution in [3.63, 3.8) is 0 Å². The zero-order valence-electron chi connectivity index (χ0n) is 38.1. The van der Waals surface area contributed by atoms with Gasteiger partial charge in [-0.25, -0.2) is 19.8 Å². The standard InChI is InChI=1S/C63H46N6/c1-65-54-12-6-10-50(34-54)46-15-17-47(18-16-46)60-66-61(51-11-5-9-49(33-51)48-8-4-7-40(32-48)39-64)68-62(67-60)52-23-28-59-57(35-52)56-13-2-3-14-58(56)69(59)55-26-21-45(22-27-55)44-19-24-53(25-20-44)63-36-41-29-42(37-63)31-43(30-41)38-63/h2-28,32-35,41-43H,29-31,36-38H2. The zero-order valence-corrected chi connectivity index (χ0v) is 38.1. The third-order valence-electron chi connectivity index (χ3n) is 15.5. The van der Waals surface area contributed by atoms with Gasteiger partial charge >= 0.3 is 0 Å². The largest absolute Gasteiger partial charge is 0.309 e. The number of nitriles is 1. The highest BCUT2D eigenvalue weighted by atomic mass is 15.0. The van der Waals surface area contributed by atoms with Gasteiger partial charge in [0.25, 0.3) is 0 Å². The van der Waals surface area contributed by atoms with E-state index in [1.807, 2.05) is 78.9 Å². The summed E-state index contributed by atoms with van der Waals surface area (Å²) in [6.07, 6.45) is 8.57. The van der Waals surface area contributed by atoms with Crippen LogP contribution in [0.4, 0.5) is 5.69 Å². The molecular formula is C63H46N6. The lowest BCUT2D eigenvalue weighted by Crippen LogP contribution is -2.48. The van der Waals surface area contributed by atoms with E-state index in [2.05, 4.69) is 125 Å². The lowest BCUT2D eigenvalue weighted by molar-refractivity contribution is -0.00518. The SMILES string of the molecule is [C-]#[N+]c1cccc(-c2ccc(-c3nc(-c4cccc(-c5cccc(C#N)c5)c4)nc(-c4ccc5c(c4)c4ccccc4n5-c4ccc(-c5ccc(C67CC8CC(CC(C8)C6)C7)cc5)cc4)n3)cc2)c1. The van der Waals surface area contributed by atoms with E-state index >= 15 is 0 Å². The van der Waals surface area contributed by atoms with Crippen LogP contribution in [0.2, 0.25) is 0 Å². The molecule has 4 saturated carbocycles. The molecular weight excluding hydrogens is 841 g/mol. The molecule has 0 saturated heterocycles. The van der Waals surface area contributed by atoms with Gasteiger partial charge in [-0.2, -0.15) is 5.26 Å². The molecule has 69 heavy (non-hydrogen) atoms. The molecule has 0 aliphatic heterocycles. The van der Waals surface area contributed by atoms with Crippen LogP contribution in [0.3, 0.4) is 0 Å². The Labute approximate surface area is 402 Å². The van der Waals surface area contributed by atoms with Crippen LogP contribution in [0.25, 0.3) is 99.9 Å². The Kier molecular flexibility index (Phi) is 9.70. The normalized spacial score (nSPS) is 19.1. The predicted octanol–water partition coefficient (Wildman–Crippen LogP) is 15.9. The van der Waals surface area contributed by atoms with Crippen molar-refractivity contribution in [2.75, 3.05) is 0 Å². The average molecular weight is 887 g/mol. The summed E-state index contributed by atoms with van der Waals surface area (Å²) in [6, 6.07) is 67.7. The Hall–Kier alpha value is -8.45. The fraction of sp³-hybridized carbons (Fsp3) is 0.159. The van der Waals surface area contributed by atoms with Crippen LogP contribution in [-0.4, -0.2) is 19.5 Å². The maximum Gasteiger partial charge on any atom is 0.187 e. The van der Waals surface area contributed by atoms with Gasteiger partial charge in [-0.05, 0) is 161 Å². The van der Waals surface area contributed by atoms with Gasteiger partial charge in [0.05, 0.1) is 29.2 Å². The minimum Gasteiger partial charge on any atom is -0.309 e. The lowest BCUT2D eigenvalue weighted by Gasteiger charge is -2.57. The van der Waals surface area contributed by atoms with E-state index in [4.69, 9.17) is 21.5 Å². The Morgan fingerprint density at radius 2 is 0.971 bits per heavy atom. The molecule has 0 unspecified atom stereocenters. The van der Waals surface area contributed by atoms with Gasteiger partial charge in [0.2, 0.25) is 0 Å². The van der Waals surface area contributed by atoms with Crippen molar-refractivity contribution < 1.29 is 0 Å². The summed E-state index contributed by atoms with van der Waals surface area (Å²) in [6.45, 7) is 7.51. The van der Waals surface area contributed by atoms with E-state index in [1.165, 1.54) is 49.7 Å². The molecule has 4 bridgehead atoms. The van der Waals surface area contributed by atoms with Gasteiger partial charge in [-0.15, -0.1) is 0 Å². The van der Waals surface area contributed by atoms with E-state index in [9.17, 15) is 5.26 Å². The van der Waals surface area contributed by atoms with Crippen LogP contribution in [0, 0.1) is 35.7 Å². The molecule has 2 heterocycles. The number of benzene rings is 8. The molecule has 0 spiro atoms. The number of fused-ring (bicyclic) bond motifs is 3. The van der Waals surface area contributed by atoms with Crippen molar-refractivity contribution in [2.24, 2.45) is 17.8 Å². The van der Waals surface area contributed by atoms with Gasteiger partial charge in [0.1, 0.15) is 0 Å². The predicted molar refractivity (Wildman–Crippen MR) is 278 cm³/mol. The summed E-state index contributed by atoms with van der Waals surface area (Å²) >= 11 is 0. The maximum absolute atomic E-state index is 9.63. The van der Waals surface area contributed by atoms with Crippen LogP contribution < -0.4 is 0 Å². The minimum atomic E-state index is 0.405. The second-order valence-electron chi connectivity index (χ2n) is 19.7. The first-order valence-corrected chi connectivity index (χ1v) is 24.2. The fourth-order valence-corrected chi connectivity index (χ4v) is 12.6. The van der Waals surface area contributed by atoms with Gasteiger partial charge in [0.15, 0.2) is 23.2 Å². The third-order valence-corrected chi connectivity index (χ3v) is 15.5. The van der Waals surface area contributed by atoms with Crippen LogP contribution >= 0.6 is 0 Å². The summed E-state index contributed by atoms with van der Waals surface area (Å²) in [5.74, 6) is 4.49. The molecule has 0 atom stereocenters. The van der Waals surface area contributed by atoms with Gasteiger partial charge in [-0.3, -0.25) is 0 Å². The molecule has 14 rings (SSSR count). The number of aromatic nitrogens is 4. The van der Waals surface area contributed by atoms with Crippen molar-refractivity contribution in [1.82, 2.24) is 19.5 Å². The number of para-hydroxylation sites is 1. The quantitative estimate of drug-likeness (QED) is 0.143. The number of hydrogen-bond acceptors (Lipinski definition) is 4.